The number of carbonyl (C=O) groups excluding carboxylic acids is 1. The molecule has 2 aliphatic rings. The van der Waals surface area contributed by atoms with Crippen molar-refractivity contribution in [2.45, 2.75) is 5.60 Å². The van der Waals surface area contributed by atoms with Crippen LogP contribution in [0.25, 0.3) is 0 Å². The van der Waals surface area contributed by atoms with E-state index in [1.54, 1.807) is 36.4 Å². The van der Waals surface area contributed by atoms with Crippen LogP contribution in [0.1, 0.15) is 27.0 Å². The average Bonchev–Trinajstić information content (AvgIpc) is 2.90. The SMILES string of the molecule is Nc1ccc2c(c1)Oc1ccc(N)cc1C21OC(=O)c2ccccc21. The van der Waals surface area contributed by atoms with Gasteiger partial charge in [-0.15, -0.1) is 0 Å². The van der Waals surface area contributed by atoms with Gasteiger partial charge in [0.2, 0.25) is 0 Å². The van der Waals surface area contributed by atoms with Gasteiger partial charge in [0, 0.05) is 34.1 Å². The van der Waals surface area contributed by atoms with E-state index >= 15 is 0 Å². The largest absolute Gasteiger partial charge is 0.456 e. The highest BCUT2D eigenvalue weighted by molar-refractivity contribution is 5.97. The van der Waals surface area contributed by atoms with Crippen LogP contribution in [0.5, 0.6) is 11.5 Å². The molecule has 1 unspecified atom stereocenters. The molecule has 2 aliphatic heterocycles. The van der Waals surface area contributed by atoms with Gasteiger partial charge >= 0.3 is 5.97 Å². The molecule has 3 aromatic rings. The molecule has 1 spiro atoms. The molecule has 0 aromatic heterocycles. The summed E-state index contributed by atoms with van der Waals surface area (Å²) < 4.78 is 12.0. The highest BCUT2D eigenvalue weighted by Crippen LogP contribution is 2.56. The lowest BCUT2D eigenvalue weighted by Crippen LogP contribution is -2.33. The van der Waals surface area contributed by atoms with Crippen molar-refractivity contribution in [2.24, 2.45) is 0 Å². The number of benzene rings is 3. The third-order valence-corrected chi connectivity index (χ3v) is 4.76. The van der Waals surface area contributed by atoms with Crippen LogP contribution in [0, 0.1) is 0 Å². The molecule has 4 N–H and O–H groups in total. The molecule has 0 bridgehead atoms. The molecule has 0 aliphatic carbocycles. The number of anilines is 2. The molecular formula is C20H14N2O3. The number of ether oxygens (including phenoxy) is 2. The zero-order valence-electron chi connectivity index (χ0n) is 13.2. The molecule has 5 rings (SSSR count). The number of nitrogens with two attached hydrogens (primary N) is 2. The van der Waals surface area contributed by atoms with Crippen molar-refractivity contribution in [1.82, 2.24) is 0 Å². The minimum absolute atomic E-state index is 0.367. The molecule has 122 valence electrons. The van der Waals surface area contributed by atoms with Gasteiger partial charge in [0.15, 0.2) is 5.60 Å². The molecule has 0 fully saturated rings. The van der Waals surface area contributed by atoms with Gasteiger partial charge in [-0.2, -0.15) is 0 Å². The summed E-state index contributed by atoms with van der Waals surface area (Å²) in [5, 5.41) is 0. The molecule has 5 heteroatoms. The second-order valence-corrected chi connectivity index (χ2v) is 6.23. The molecule has 5 nitrogen and oxygen atoms in total. The number of hydrogen-bond donors (Lipinski definition) is 2. The smallest absolute Gasteiger partial charge is 0.340 e. The van der Waals surface area contributed by atoms with E-state index in [9.17, 15) is 4.79 Å². The molecule has 0 saturated carbocycles. The van der Waals surface area contributed by atoms with E-state index in [2.05, 4.69) is 0 Å². The van der Waals surface area contributed by atoms with Crippen molar-refractivity contribution in [1.29, 1.82) is 0 Å². The maximum atomic E-state index is 12.6. The van der Waals surface area contributed by atoms with E-state index in [1.807, 2.05) is 24.3 Å². The quantitative estimate of drug-likeness (QED) is 0.487. The van der Waals surface area contributed by atoms with Crippen molar-refractivity contribution in [2.75, 3.05) is 11.5 Å². The standard InChI is InChI=1S/C20H14N2O3/c21-11-6-8-17-16(9-11)20(15-7-5-12(22)10-18(15)24-17)14-4-2-1-3-13(14)19(23)25-20/h1-10H,21-22H2. The topological polar surface area (TPSA) is 87.6 Å². The summed E-state index contributed by atoms with van der Waals surface area (Å²) >= 11 is 0. The summed E-state index contributed by atoms with van der Waals surface area (Å²) in [4.78, 5) is 12.6. The van der Waals surface area contributed by atoms with Crippen molar-refractivity contribution < 1.29 is 14.3 Å². The molecule has 2 heterocycles. The number of nitrogen functional groups attached to an aromatic ring is 2. The van der Waals surface area contributed by atoms with Crippen LogP contribution < -0.4 is 16.2 Å². The predicted molar refractivity (Wildman–Crippen MR) is 93.5 cm³/mol. The summed E-state index contributed by atoms with van der Waals surface area (Å²) in [5.41, 5.74) is 14.8. The molecular weight excluding hydrogens is 316 g/mol. The Labute approximate surface area is 143 Å². The summed E-state index contributed by atoms with van der Waals surface area (Å²) in [6.45, 7) is 0. The van der Waals surface area contributed by atoms with Crippen molar-refractivity contribution >= 4 is 17.3 Å². The van der Waals surface area contributed by atoms with Gasteiger partial charge in [-0.3, -0.25) is 0 Å². The highest BCUT2D eigenvalue weighted by Gasteiger charge is 2.53. The van der Waals surface area contributed by atoms with E-state index in [0.29, 0.717) is 34.0 Å². The van der Waals surface area contributed by atoms with Gasteiger partial charge in [-0.1, -0.05) is 18.2 Å². The molecule has 0 radical (unpaired) electrons. The maximum absolute atomic E-state index is 12.6. The van der Waals surface area contributed by atoms with Crippen LogP contribution in [0.4, 0.5) is 11.4 Å². The molecule has 3 aromatic carbocycles. The number of rotatable bonds is 0. The van der Waals surface area contributed by atoms with E-state index in [4.69, 9.17) is 20.9 Å². The van der Waals surface area contributed by atoms with Crippen LogP contribution in [-0.2, 0) is 10.3 Å². The lowest BCUT2D eigenvalue weighted by atomic mass is 9.77. The van der Waals surface area contributed by atoms with Crippen LogP contribution in [0.15, 0.2) is 60.7 Å². The van der Waals surface area contributed by atoms with E-state index in [-0.39, 0.29) is 5.97 Å². The van der Waals surface area contributed by atoms with Crippen LogP contribution in [0.3, 0.4) is 0 Å². The van der Waals surface area contributed by atoms with E-state index in [1.165, 1.54) is 0 Å². The first-order chi connectivity index (χ1) is 12.1. The van der Waals surface area contributed by atoms with Crippen LogP contribution in [0.2, 0.25) is 0 Å². The van der Waals surface area contributed by atoms with Crippen molar-refractivity contribution in [3.05, 3.63) is 82.9 Å². The number of hydrogen-bond acceptors (Lipinski definition) is 5. The van der Waals surface area contributed by atoms with Gasteiger partial charge in [-0.05, 0) is 36.4 Å². The van der Waals surface area contributed by atoms with Gasteiger partial charge < -0.3 is 20.9 Å². The van der Waals surface area contributed by atoms with Crippen molar-refractivity contribution in [3.8, 4) is 11.5 Å². The average molecular weight is 330 g/mol. The highest BCUT2D eigenvalue weighted by atomic mass is 16.6. The second-order valence-electron chi connectivity index (χ2n) is 6.23. The zero-order valence-corrected chi connectivity index (χ0v) is 13.2. The van der Waals surface area contributed by atoms with Gasteiger partial charge in [0.1, 0.15) is 11.5 Å². The van der Waals surface area contributed by atoms with Gasteiger partial charge in [0.05, 0.1) is 5.56 Å². The second kappa shape index (κ2) is 4.54. The first kappa shape index (κ1) is 13.9. The Balaban J connectivity index is 1.92. The minimum atomic E-state index is -1.08. The maximum Gasteiger partial charge on any atom is 0.340 e. The number of fused-ring (bicyclic) bond motifs is 6. The third kappa shape index (κ3) is 1.69. The lowest BCUT2D eigenvalue weighted by Gasteiger charge is -2.36. The summed E-state index contributed by atoms with van der Waals surface area (Å²) in [7, 11) is 0. The van der Waals surface area contributed by atoms with Crippen LogP contribution >= 0.6 is 0 Å². The van der Waals surface area contributed by atoms with Crippen molar-refractivity contribution in [3.63, 3.8) is 0 Å². The predicted octanol–water partition coefficient (Wildman–Crippen LogP) is 3.42. The fraction of sp³-hybridized carbons (Fsp3) is 0.0500. The lowest BCUT2D eigenvalue weighted by molar-refractivity contribution is 0.0224. The summed E-state index contributed by atoms with van der Waals surface area (Å²) in [6, 6.07) is 18.1. The molecule has 0 saturated heterocycles. The molecule has 0 amide bonds. The molecule has 1 atom stereocenters. The normalized spacial score (nSPS) is 19.6. The third-order valence-electron chi connectivity index (χ3n) is 4.76. The molecule has 25 heavy (non-hydrogen) atoms. The Morgan fingerprint density at radius 1 is 0.760 bits per heavy atom. The number of esters is 1. The van der Waals surface area contributed by atoms with Gasteiger partial charge in [-0.25, -0.2) is 4.79 Å². The Morgan fingerprint density at radius 2 is 1.52 bits per heavy atom. The van der Waals surface area contributed by atoms with Crippen LogP contribution in [-0.4, -0.2) is 5.97 Å². The zero-order chi connectivity index (χ0) is 17.2. The fourth-order valence-electron chi connectivity index (χ4n) is 3.71. The van der Waals surface area contributed by atoms with E-state index < -0.39 is 5.60 Å². The first-order valence-corrected chi connectivity index (χ1v) is 7.90. The Morgan fingerprint density at radius 3 is 2.40 bits per heavy atom. The first-order valence-electron chi connectivity index (χ1n) is 7.90. The minimum Gasteiger partial charge on any atom is -0.456 e. The Hall–Kier alpha value is -3.47. The number of carbonyl (C=O) groups is 1. The monoisotopic (exact) mass is 330 g/mol. The van der Waals surface area contributed by atoms with E-state index in [0.717, 1.165) is 11.1 Å². The van der Waals surface area contributed by atoms with Gasteiger partial charge in [0.25, 0.3) is 0 Å². The fourth-order valence-corrected chi connectivity index (χ4v) is 3.71. The Bertz CT molecular complexity index is 1060. The summed E-state index contributed by atoms with van der Waals surface area (Å²) in [5.74, 6) is 0.798. The summed E-state index contributed by atoms with van der Waals surface area (Å²) in [6.07, 6.45) is 0. The Kier molecular flexibility index (Phi) is 2.53.